The lowest BCUT2D eigenvalue weighted by Gasteiger charge is -1.97. The lowest BCUT2D eigenvalue weighted by Crippen LogP contribution is -1.98. The molecule has 0 aliphatic carbocycles. The Morgan fingerprint density at radius 1 is 1.62 bits per heavy atom. The van der Waals surface area contributed by atoms with Gasteiger partial charge >= 0.3 is 5.97 Å². The Kier molecular flexibility index (Phi) is 3.05. The van der Waals surface area contributed by atoms with Crippen molar-refractivity contribution in [3.05, 3.63) is 28.8 Å². The lowest BCUT2D eigenvalue weighted by molar-refractivity contribution is -0.136. The quantitative estimate of drug-likeness (QED) is 0.888. The van der Waals surface area contributed by atoms with Crippen LogP contribution < -0.4 is 0 Å². The van der Waals surface area contributed by atoms with Crippen LogP contribution in [0.3, 0.4) is 0 Å². The van der Waals surface area contributed by atoms with Gasteiger partial charge in [-0.05, 0) is 24.8 Å². The molecule has 2 aromatic rings. The first-order valence-electron chi connectivity index (χ1n) is 4.89. The van der Waals surface area contributed by atoms with Crippen molar-refractivity contribution < 1.29 is 14.4 Å². The molecule has 0 atom stereocenters. The number of aryl methyl sites for hydroxylation is 1. The highest BCUT2D eigenvalue weighted by Crippen LogP contribution is 2.30. The van der Waals surface area contributed by atoms with Gasteiger partial charge in [-0.3, -0.25) is 4.79 Å². The molecule has 1 N–H and O–H groups in total. The number of aliphatic carboxylic acids is 1. The van der Waals surface area contributed by atoms with Crippen molar-refractivity contribution in [3.8, 4) is 10.6 Å². The zero-order valence-corrected chi connectivity index (χ0v) is 9.58. The van der Waals surface area contributed by atoms with Crippen molar-refractivity contribution in [1.29, 1.82) is 0 Å². The molecule has 2 heterocycles. The summed E-state index contributed by atoms with van der Waals surface area (Å²) in [6, 6.07) is 3.87. The van der Waals surface area contributed by atoms with Gasteiger partial charge in [-0.25, -0.2) is 0 Å². The maximum absolute atomic E-state index is 10.6. The maximum Gasteiger partial charge on any atom is 0.303 e. The van der Waals surface area contributed by atoms with Crippen LogP contribution in [0.25, 0.3) is 10.6 Å². The lowest BCUT2D eigenvalue weighted by atomic mass is 10.1. The highest BCUT2D eigenvalue weighted by atomic mass is 32.1. The molecule has 2 rings (SSSR count). The number of thiophene rings is 1. The van der Waals surface area contributed by atoms with E-state index in [1.54, 1.807) is 11.3 Å². The monoisotopic (exact) mass is 237 g/mol. The molecule has 0 saturated heterocycles. The van der Waals surface area contributed by atoms with Crippen molar-refractivity contribution in [1.82, 2.24) is 5.16 Å². The molecule has 0 radical (unpaired) electrons. The van der Waals surface area contributed by atoms with E-state index in [4.69, 9.17) is 9.63 Å². The number of aromatic nitrogens is 1. The smallest absolute Gasteiger partial charge is 0.303 e. The Morgan fingerprint density at radius 2 is 2.44 bits per heavy atom. The Hall–Kier alpha value is -1.62. The molecular weight excluding hydrogens is 226 g/mol. The summed E-state index contributed by atoms with van der Waals surface area (Å²) in [6.07, 6.45) is 0.554. The van der Waals surface area contributed by atoms with Gasteiger partial charge in [-0.15, -0.1) is 11.3 Å². The van der Waals surface area contributed by atoms with Crippen LogP contribution in [0, 0.1) is 6.92 Å². The number of carboxylic acids is 1. The molecule has 2 aromatic heterocycles. The van der Waals surface area contributed by atoms with E-state index in [2.05, 4.69) is 5.16 Å². The van der Waals surface area contributed by atoms with E-state index in [0.29, 0.717) is 12.2 Å². The Balaban J connectivity index is 2.29. The van der Waals surface area contributed by atoms with E-state index in [9.17, 15) is 4.79 Å². The van der Waals surface area contributed by atoms with Crippen LogP contribution in [0.2, 0.25) is 0 Å². The van der Waals surface area contributed by atoms with E-state index in [0.717, 1.165) is 16.1 Å². The zero-order chi connectivity index (χ0) is 11.5. The first-order valence-corrected chi connectivity index (χ1v) is 5.77. The number of hydrogen-bond acceptors (Lipinski definition) is 4. The number of hydrogen-bond donors (Lipinski definition) is 1. The molecule has 4 nitrogen and oxygen atoms in total. The van der Waals surface area contributed by atoms with Crippen LogP contribution in [0.1, 0.15) is 17.7 Å². The summed E-state index contributed by atoms with van der Waals surface area (Å²) in [4.78, 5) is 11.5. The molecule has 84 valence electrons. The topological polar surface area (TPSA) is 63.3 Å². The molecule has 0 bridgehead atoms. The molecule has 0 aliphatic heterocycles. The van der Waals surface area contributed by atoms with E-state index < -0.39 is 5.97 Å². The molecule has 5 heteroatoms. The molecule has 0 spiro atoms. The van der Waals surface area contributed by atoms with Gasteiger partial charge in [0, 0.05) is 12.0 Å². The largest absolute Gasteiger partial charge is 0.481 e. The summed E-state index contributed by atoms with van der Waals surface area (Å²) in [7, 11) is 0. The van der Waals surface area contributed by atoms with Crippen molar-refractivity contribution in [3.63, 3.8) is 0 Å². The summed E-state index contributed by atoms with van der Waals surface area (Å²) >= 11 is 1.56. The van der Waals surface area contributed by atoms with Crippen LogP contribution in [0.4, 0.5) is 0 Å². The average Bonchev–Trinajstić information content (AvgIpc) is 2.83. The summed E-state index contributed by atoms with van der Waals surface area (Å²) in [5, 5.41) is 14.5. The fourth-order valence-corrected chi connectivity index (χ4v) is 2.24. The Labute approximate surface area is 96.5 Å². The van der Waals surface area contributed by atoms with Crippen molar-refractivity contribution in [2.75, 3.05) is 0 Å². The van der Waals surface area contributed by atoms with Gasteiger partial charge in [-0.2, -0.15) is 0 Å². The van der Waals surface area contributed by atoms with Crippen molar-refractivity contribution in [2.45, 2.75) is 19.8 Å². The summed E-state index contributed by atoms with van der Waals surface area (Å²) in [6.45, 7) is 1.83. The third-order valence-electron chi connectivity index (χ3n) is 2.32. The van der Waals surface area contributed by atoms with Gasteiger partial charge in [0.2, 0.25) is 0 Å². The summed E-state index contributed by atoms with van der Waals surface area (Å²) in [5.74, 6) is -0.105. The SMILES string of the molecule is Cc1noc(-c2cccs2)c1CCC(=O)O. The molecule has 0 aliphatic rings. The van der Waals surface area contributed by atoms with Crippen molar-refractivity contribution >= 4 is 17.3 Å². The molecule has 16 heavy (non-hydrogen) atoms. The van der Waals surface area contributed by atoms with E-state index >= 15 is 0 Å². The standard InChI is InChI=1S/C11H11NO3S/c1-7-8(4-5-10(13)14)11(15-12-7)9-3-2-6-16-9/h2-3,6H,4-5H2,1H3,(H,13,14). The minimum atomic E-state index is -0.808. The minimum Gasteiger partial charge on any atom is -0.481 e. The maximum atomic E-state index is 10.6. The summed E-state index contributed by atoms with van der Waals surface area (Å²) in [5.41, 5.74) is 1.66. The van der Waals surface area contributed by atoms with Crippen LogP contribution >= 0.6 is 11.3 Å². The van der Waals surface area contributed by atoms with E-state index in [1.165, 1.54) is 0 Å². The average molecular weight is 237 g/mol. The Bertz CT molecular complexity index is 487. The first-order chi connectivity index (χ1) is 7.68. The van der Waals surface area contributed by atoms with Gasteiger partial charge in [0.1, 0.15) is 0 Å². The molecule has 0 unspecified atom stereocenters. The van der Waals surface area contributed by atoms with Gasteiger partial charge in [0.15, 0.2) is 5.76 Å². The van der Waals surface area contributed by atoms with Crippen LogP contribution in [-0.4, -0.2) is 16.2 Å². The van der Waals surface area contributed by atoms with Gasteiger partial charge in [-0.1, -0.05) is 11.2 Å². The molecule has 0 saturated carbocycles. The molecular formula is C11H11NO3S. The third-order valence-corrected chi connectivity index (χ3v) is 3.19. The minimum absolute atomic E-state index is 0.0976. The number of carbonyl (C=O) groups is 1. The fourth-order valence-electron chi connectivity index (χ4n) is 1.52. The second-order valence-corrected chi connectivity index (χ2v) is 4.39. The predicted octanol–water partition coefficient (Wildman–Crippen LogP) is 2.73. The van der Waals surface area contributed by atoms with Gasteiger partial charge in [0.05, 0.1) is 10.6 Å². The van der Waals surface area contributed by atoms with E-state index in [-0.39, 0.29) is 6.42 Å². The Morgan fingerprint density at radius 3 is 3.06 bits per heavy atom. The predicted molar refractivity (Wildman–Crippen MR) is 60.5 cm³/mol. The van der Waals surface area contributed by atoms with E-state index in [1.807, 2.05) is 24.4 Å². The number of carboxylic acid groups (broad SMARTS) is 1. The normalized spacial score (nSPS) is 10.6. The number of nitrogens with zero attached hydrogens (tertiary/aromatic N) is 1. The van der Waals surface area contributed by atoms with Crippen LogP contribution in [0.15, 0.2) is 22.0 Å². The molecule has 0 fully saturated rings. The molecule has 0 aromatic carbocycles. The van der Waals surface area contributed by atoms with Crippen LogP contribution in [-0.2, 0) is 11.2 Å². The van der Waals surface area contributed by atoms with Gasteiger partial charge in [0.25, 0.3) is 0 Å². The van der Waals surface area contributed by atoms with Crippen molar-refractivity contribution in [2.24, 2.45) is 0 Å². The second-order valence-electron chi connectivity index (χ2n) is 3.45. The van der Waals surface area contributed by atoms with Crippen LogP contribution in [0.5, 0.6) is 0 Å². The second kappa shape index (κ2) is 4.49. The zero-order valence-electron chi connectivity index (χ0n) is 8.77. The first kappa shape index (κ1) is 10.9. The highest BCUT2D eigenvalue weighted by Gasteiger charge is 2.16. The number of rotatable bonds is 4. The fraction of sp³-hybridized carbons (Fsp3) is 0.273. The summed E-state index contributed by atoms with van der Waals surface area (Å²) < 4.78 is 5.24. The molecule has 0 amide bonds. The third kappa shape index (κ3) is 2.14. The highest BCUT2D eigenvalue weighted by molar-refractivity contribution is 7.13. The van der Waals surface area contributed by atoms with Gasteiger partial charge < -0.3 is 9.63 Å².